The average Bonchev–Trinajstić information content (AvgIpc) is 2.80. The number of allylic oxidation sites excluding steroid dienone is 5. The second-order valence-electron chi connectivity index (χ2n) is 10.1. The second kappa shape index (κ2) is 13.5. The summed E-state index contributed by atoms with van der Waals surface area (Å²) in [6, 6.07) is 5.39. The summed E-state index contributed by atoms with van der Waals surface area (Å²) < 4.78 is 23.1. The van der Waals surface area contributed by atoms with Gasteiger partial charge in [-0.2, -0.15) is 0 Å². The molecule has 1 aromatic carbocycles. The van der Waals surface area contributed by atoms with Gasteiger partial charge in [-0.05, 0) is 49.5 Å². The van der Waals surface area contributed by atoms with Crippen molar-refractivity contribution in [2.24, 2.45) is 0 Å². The SMILES string of the molecule is CC/C=C\C=C/C(=O)/C=C/C[C@H](O)C[C@H]1C[C@H](OC(C)=O)C[C@H](Cc2cccc3c2C(=O)OC(C)(C)O3)O1. The summed E-state index contributed by atoms with van der Waals surface area (Å²) in [5.41, 5.74) is 1.09. The summed E-state index contributed by atoms with van der Waals surface area (Å²) in [6.45, 7) is 6.74. The van der Waals surface area contributed by atoms with Crippen molar-refractivity contribution in [2.45, 2.75) is 96.4 Å². The normalized spacial score (nSPS) is 23.7. The molecular formula is C30H38O8. The first kappa shape index (κ1) is 29.3. The van der Waals surface area contributed by atoms with Gasteiger partial charge in [0.15, 0.2) is 5.78 Å². The van der Waals surface area contributed by atoms with Crippen LogP contribution >= 0.6 is 0 Å². The first-order chi connectivity index (χ1) is 18.1. The van der Waals surface area contributed by atoms with Gasteiger partial charge in [-0.25, -0.2) is 4.79 Å². The van der Waals surface area contributed by atoms with Gasteiger partial charge in [-0.3, -0.25) is 9.59 Å². The van der Waals surface area contributed by atoms with Crippen molar-refractivity contribution in [2.75, 3.05) is 0 Å². The number of aliphatic hydroxyl groups is 1. The Bertz CT molecular complexity index is 1080. The number of hydrogen-bond donors (Lipinski definition) is 1. The van der Waals surface area contributed by atoms with E-state index >= 15 is 0 Å². The molecule has 1 aromatic rings. The van der Waals surface area contributed by atoms with Gasteiger partial charge in [0.05, 0.1) is 18.3 Å². The van der Waals surface area contributed by atoms with E-state index in [1.807, 2.05) is 31.2 Å². The second-order valence-corrected chi connectivity index (χ2v) is 10.1. The standard InChI is InChI=1S/C30H38O8/c1-5-6-7-8-12-22(32)13-10-14-23(33)17-25-19-26(35-20(2)31)18-24(36-25)16-21-11-9-15-27-28(21)29(34)38-30(3,4)37-27/h6-13,15,23-26,33H,5,14,16-19H2,1-4H3/b7-6-,12-8-,13-10+/t23-,24-,25-,26+/m0/s1. The van der Waals surface area contributed by atoms with E-state index in [-0.39, 0.29) is 36.5 Å². The molecule has 2 aliphatic rings. The number of fused-ring (bicyclic) bond motifs is 1. The molecule has 0 spiro atoms. The van der Waals surface area contributed by atoms with Gasteiger partial charge in [-0.1, -0.05) is 43.4 Å². The molecule has 3 rings (SSSR count). The van der Waals surface area contributed by atoms with Gasteiger partial charge in [-0.15, -0.1) is 0 Å². The van der Waals surface area contributed by atoms with E-state index in [2.05, 4.69) is 0 Å². The van der Waals surface area contributed by atoms with E-state index in [1.54, 1.807) is 32.1 Å². The van der Waals surface area contributed by atoms with Gasteiger partial charge < -0.3 is 24.1 Å². The lowest BCUT2D eigenvalue weighted by Gasteiger charge is -2.37. The number of ether oxygens (including phenoxy) is 4. The summed E-state index contributed by atoms with van der Waals surface area (Å²) >= 11 is 0. The molecule has 2 aliphatic heterocycles. The predicted octanol–water partition coefficient (Wildman–Crippen LogP) is 4.78. The smallest absolute Gasteiger partial charge is 0.345 e. The third-order valence-electron chi connectivity index (χ3n) is 6.20. The molecule has 1 fully saturated rings. The van der Waals surface area contributed by atoms with E-state index in [0.717, 1.165) is 12.0 Å². The lowest BCUT2D eigenvalue weighted by molar-refractivity contribution is -0.161. The lowest BCUT2D eigenvalue weighted by Crippen LogP contribution is -2.41. The van der Waals surface area contributed by atoms with Crippen LogP contribution in [0, 0.1) is 0 Å². The Morgan fingerprint density at radius 1 is 1.13 bits per heavy atom. The molecule has 0 radical (unpaired) electrons. The molecule has 1 saturated heterocycles. The van der Waals surface area contributed by atoms with E-state index < -0.39 is 17.9 Å². The fourth-order valence-electron chi connectivity index (χ4n) is 4.71. The Kier molecular flexibility index (Phi) is 10.4. The van der Waals surface area contributed by atoms with Crippen LogP contribution in [-0.2, 0) is 30.2 Å². The highest BCUT2D eigenvalue weighted by Gasteiger charge is 2.37. The number of benzene rings is 1. The van der Waals surface area contributed by atoms with E-state index in [0.29, 0.717) is 37.0 Å². The number of hydrogen-bond acceptors (Lipinski definition) is 8. The predicted molar refractivity (Wildman–Crippen MR) is 142 cm³/mol. The Hall–Kier alpha value is -3.23. The van der Waals surface area contributed by atoms with Crippen molar-refractivity contribution in [1.29, 1.82) is 0 Å². The summed E-state index contributed by atoms with van der Waals surface area (Å²) in [6.07, 6.45) is 11.0. The van der Waals surface area contributed by atoms with Crippen LogP contribution in [-0.4, -0.2) is 53.0 Å². The molecule has 38 heavy (non-hydrogen) atoms. The van der Waals surface area contributed by atoms with Crippen LogP contribution in [0.5, 0.6) is 5.75 Å². The summed E-state index contributed by atoms with van der Waals surface area (Å²) in [7, 11) is 0. The first-order valence-corrected chi connectivity index (χ1v) is 13.1. The quantitative estimate of drug-likeness (QED) is 0.249. The van der Waals surface area contributed by atoms with Crippen molar-refractivity contribution in [3.05, 3.63) is 65.8 Å². The molecule has 0 saturated carbocycles. The van der Waals surface area contributed by atoms with Gasteiger partial charge in [0.2, 0.25) is 5.79 Å². The highest BCUT2D eigenvalue weighted by atomic mass is 16.7. The van der Waals surface area contributed by atoms with Crippen LogP contribution in [0.15, 0.2) is 54.7 Å². The molecule has 206 valence electrons. The molecule has 2 heterocycles. The fraction of sp³-hybridized carbons (Fsp3) is 0.500. The van der Waals surface area contributed by atoms with Gasteiger partial charge in [0.25, 0.3) is 0 Å². The molecule has 4 atom stereocenters. The maximum Gasteiger partial charge on any atom is 0.345 e. The number of cyclic esters (lactones) is 1. The number of carbonyl (C=O) groups is 3. The van der Waals surface area contributed by atoms with E-state index in [4.69, 9.17) is 18.9 Å². The molecular weight excluding hydrogens is 488 g/mol. The van der Waals surface area contributed by atoms with Gasteiger partial charge in [0, 0.05) is 33.6 Å². The Morgan fingerprint density at radius 2 is 1.89 bits per heavy atom. The number of rotatable bonds is 11. The zero-order valence-electron chi connectivity index (χ0n) is 22.6. The summed E-state index contributed by atoms with van der Waals surface area (Å²) in [5.74, 6) is -1.58. The van der Waals surface area contributed by atoms with Crippen LogP contribution < -0.4 is 4.74 Å². The lowest BCUT2D eigenvalue weighted by atomic mass is 9.91. The maximum absolute atomic E-state index is 12.7. The topological polar surface area (TPSA) is 108 Å². The third-order valence-corrected chi connectivity index (χ3v) is 6.20. The highest BCUT2D eigenvalue weighted by molar-refractivity contribution is 5.99. The molecule has 0 bridgehead atoms. The van der Waals surface area contributed by atoms with Crippen LogP contribution in [0.4, 0.5) is 0 Å². The maximum atomic E-state index is 12.7. The fourth-order valence-corrected chi connectivity index (χ4v) is 4.71. The van der Waals surface area contributed by atoms with Crippen molar-refractivity contribution in [3.63, 3.8) is 0 Å². The number of aliphatic hydroxyl groups excluding tert-OH is 1. The first-order valence-electron chi connectivity index (χ1n) is 13.1. The highest BCUT2D eigenvalue weighted by Crippen LogP contribution is 2.35. The zero-order chi connectivity index (χ0) is 27.7. The largest absolute Gasteiger partial charge is 0.462 e. The minimum absolute atomic E-state index is 0.154. The molecule has 0 aromatic heterocycles. The number of ketones is 1. The van der Waals surface area contributed by atoms with Crippen molar-refractivity contribution >= 4 is 17.7 Å². The van der Waals surface area contributed by atoms with Gasteiger partial charge in [0.1, 0.15) is 17.4 Å². The average molecular weight is 527 g/mol. The summed E-state index contributed by atoms with van der Waals surface area (Å²) in [4.78, 5) is 36.3. The van der Waals surface area contributed by atoms with E-state index in [1.165, 1.54) is 19.1 Å². The molecule has 0 amide bonds. The third kappa shape index (κ3) is 8.96. The zero-order valence-corrected chi connectivity index (χ0v) is 22.6. The van der Waals surface area contributed by atoms with Crippen LogP contribution in [0.3, 0.4) is 0 Å². The Morgan fingerprint density at radius 3 is 2.63 bits per heavy atom. The summed E-state index contributed by atoms with van der Waals surface area (Å²) in [5, 5.41) is 10.6. The minimum Gasteiger partial charge on any atom is -0.462 e. The van der Waals surface area contributed by atoms with Gasteiger partial charge >= 0.3 is 11.9 Å². The van der Waals surface area contributed by atoms with Crippen molar-refractivity contribution in [3.8, 4) is 5.75 Å². The van der Waals surface area contributed by atoms with Crippen molar-refractivity contribution < 1.29 is 38.4 Å². The van der Waals surface area contributed by atoms with Crippen molar-refractivity contribution in [1.82, 2.24) is 0 Å². The minimum atomic E-state index is -1.05. The molecule has 1 N–H and O–H groups in total. The van der Waals surface area contributed by atoms with Crippen LogP contribution in [0.1, 0.15) is 75.7 Å². The molecule has 0 aliphatic carbocycles. The van der Waals surface area contributed by atoms with Crippen LogP contribution in [0.25, 0.3) is 0 Å². The number of esters is 2. The number of carbonyl (C=O) groups excluding carboxylic acids is 3. The molecule has 8 heteroatoms. The molecule has 8 nitrogen and oxygen atoms in total. The monoisotopic (exact) mass is 526 g/mol. The van der Waals surface area contributed by atoms with Crippen LogP contribution in [0.2, 0.25) is 0 Å². The Balaban J connectivity index is 1.64. The van der Waals surface area contributed by atoms with E-state index in [9.17, 15) is 19.5 Å². The Labute approximate surface area is 224 Å². The molecule has 0 unspecified atom stereocenters.